The molecule has 1 unspecified atom stereocenters. The van der Waals surface area contributed by atoms with Gasteiger partial charge in [0.25, 0.3) is 0 Å². The molecule has 4 fully saturated rings. The number of amides is 1. The summed E-state index contributed by atoms with van der Waals surface area (Å²) in [7, 11) is 0. The van der Waals surface area contributed by atoms with Crippen molar-refractivity contribution < 1.29 is 14.3 Å². The molecule has 2 aliphatic heterocycles. The van der Waals surface area contributed by atoms with Crippen LogP contribution in [0.1, 0.15) is 81.9 Å². The summed E-state index contributed by atoms with van der Waals surface area (Å²) in [5.41, 5.74) is -0.386. The molecule has 1 aromatic rings. The number of piperidine rings is 1. The number of aliphatic hydroxyl groups excluding tert-OH is 1. The maximum absolute atomic E-state index is 13.6. The van der Waals surface area contributed by atoms with Crippen molar-refractivity contribution in [3.8, 4) is 0 Å². The third-order valence-electron chi connectivity index (χ3n) is 7.11. The lowest BCUT2D eigenvalue weighted by Gasteiger charge is -2.48. The molecule has 2 aliphatic carbocycles. The third kappa shape index (κ3) is 3.18. The second-order valence-electron chi connectivity index (χ2n) is 8.93. The summed E-state index contributed by atoms with van der Waals surface area (Å²) < 4.78 is 5.88. The third-order valence-corrected chi connectivity index (χ3v) is 7.11. The zero-order chi connectivity index (χ0) is 18.4. The maximum atomic E-state index is 13.6. The molecule has 1 spiro atoms. The summed E-state index contributed by atoms with van der Waals surface area (Å²) in [4.78, 5) is 18.1. The molecule has 7 nitrogen and oxygen atoms in total. The van der Waals surface area contributed by atoms with E-state index in [9.17, 15) is 9.90 Å². The molecule has 7 heteroatoms. The summed E-state index contributed by atoms with van der Waals surface area (Å²) in [5, 5.41) is 18.3. The lowest BCUT2D eigenvalue weighted by molar-refractivity contribution is -0.152. The second kappa shape index (κ2) is 6.85. The van der Waals surface area contributed by atoms with Crippen LogP contribution < -0.4 is 0 Å². The Morgan fingerprint density at radius 3 is 2.52 bits per heavy atom. The van der Waals surface area contributed by atoms with Gasteiger partial charge < -0.3 is 14.4 Å². The minimum absolute atomic E-state index is 0.184. The quantitative estimate of drug-likeness (QED) is 0.870. The van der Waals surface area contributed by atoms with Gasteiger partial charge in [-0.1, -0.05) is 0 Å². The highest BCUT2D eigenvalue weighted by Crippen LogP contribution is 2.42. The Balaban J connectivity index is 1.32. The van der Waals surface area contributed by atoms with E-state index in [-0.39, 0.29) is 11.6 Å². The molecule has 1 amide bonds. The van der Waals surface area contributed by atoms with E-state index in [4.69, 9.17) is 4.42 Å². The zero-order valence-corrected chi connectivity index (χ0v) is 16.0. The van der Waals surface area contributed by atoms with Crippen LogP contribution in [0.4, 0.5) is 0 Å². The first kappa shape index (κ1) is 17.6. The molecule has 1 N–H and O–H groups in total. The summed E-state index contributed by atoms with van der Waals surface area (Å²) in [5.74, 6) is 2.20. The zero-order valence-electron chi connectivity index (χ0n) is 16.0. The van der Waals surface area contributed by atoms with Gasteiger partial charge in [0.05, 0.1) is 12.6 Å². The van der Waals surface area contributed by atoms with Gasteiger partial charge in [-0.05, 0) is 70.8 Å². The minimum Gasteiger partial charge on any atom is -0.424 e. The van der Waals surface area contributed by atoms with Crippen LogP contribution in [0, 0.1) is 0 Å². The molecule has 148 valence electrons. The Morgan fingerprint density at radius 2 is 1.78 bits per heavy atom. The number of aliphatic hydroxyl groups is 1. The van der Waals surface area contributed by atoms with E-state index in [1.807, 2.05) is 0 Å². The molecule has 3 heterocycles. The van der Waals surface area contributed by atoms with Crippen molar-refractivity contribution in [3.63, 3.8) is 0 Å². The van der Waals surface area contributed by atoms with E-state index in [0.717, 1.165) is 83.2 Å². The largest absolute Gasteiger partial charge is 0.424 e. The lowest BCUT2D eigenvalue weighted by atomic mass is 9.82. The van der Waals surface area contributed by atoms with Crippen molar-refractivity contribution in [3.05, 3.63) is 11.8 Å². The SMILES string of the molecule is O=C1N(C2CCC(O)CC2)CCCC12CCCN2Cc1nnc(C2CC2)o1. The number of hydrogen-bond acceptors (Lipinski definition) is 6. The molecule has 1 aromatic heterocycles. The fraction of sp³-hybridized carbons (Fsp3) is 0.850. The smallest absolute Gasteiger partial charge is 0.243 e. The number of carbonyl (C=O) groups is 1. The van der Waals surface area contributed by atoms with Crippen LogP contribution in [0.25, 0.3) is 0 Å². The van der Waals surface area contributed by atoms with Gasteiger partial charge in [-0.2, -0.15) is 0 Å². The highest BCUT2D eigenvalue weighted by molar-refractivity contribution is 5.87. The molecule has 1 atom stereocenters. The Hall–Kier alpha value is -1.47. The predicted octanol–water partition coefficient (Wildman–Crippen LogP) is 2.21. The Bertz CT molecular complexity index is 695. The van der Waals surface area contributed by atoms with E-state index < -0.39 is 0 Å². The number of carbonyl (C=O) groups excluding carboxylic acids is 1. The first-order valence-electron chi connectivity index (χ1n) is 10.7. The normalized spacial score (nSPS) is 35.3. The lowest BCUT2D eigenvalue weighted by Crippen LogP contribution is -2.62. The van der Waals surface area contributed by atoms with Gasteiger partial charge >= 0.3 is 0 Å². The van der Waals surface area contributed by atoms with Crippen LogP contribution in [0.3, 0.4) is 0 Å². The van der Waals surface area contributed by atoms with Crippen molar-refractivity contribution in [1.82, 2.24) is 20.0 Å². The molecule has 0 radical (unpaired) electrons. The van der Waals surface area contributed by atoms with Crippen molar-refractivity contribution in [2.75, 3.05) is 13.1 Å². The van der Waals surface area contributed by atoms with Gasteiger partial charge in [0, 0.05) is 18.5 Å². The molecule has 5 rings (SSSR count). The van der Waals surface area contributed by atoms with Crippen LogP contribution in [0.2, 0.25) is 0 Å². The molecular formula is C20H30N4O3. The first-order chi connectivity index (χ1) is 13.2. The molecule has 27 heavy (non-hydrogen) atoms. The monoisotopic (exact) mass is 374 g/mol. The van der Waals surface area contributed by atoms with Crippen LogP contribution >= 0.6 is 0 Å². The molecule has 2 saturated heterocycles. The minimum atomic E-state index is -0.386. The van der Waals surface area contributed by atoms with Gasteiger partial charge in [-0.3, -0.25) is 9.69 Å². The highest BCUT2D eigenvalue weighted by Gasteiger charge is 2.52. The van der Waals surface area contributed by atoms with Crippen molar-refractivity contribution in [2.24, 2.45) is 0 Å². The van der Waals surface area contributed by atoms with E-state index >= 15 is 0 Å². The van der Waals surface area contributed by atoms with E-state index in [1.165, 1.54) is 0 Å². The highest BCUT2D eigenvalue weighted by atomic mass is 16.4. The molecule has 0 bridgehead atoms. The van der Waals surface area contributed by atoms with Crippen molar-refractivity contribution >= 4 is 5.91 Å². The second-order valence-corrected chi connectivity index (χ2v) is 8.93. The number of aromatic nitrogens is 2. The predicted molar refractivity (Wildman–Crippen MR) is 97.9 cm³/mol. The standard InChI is InChI=1S/C20H30N4O3/c25-16-7-5-15(6-8-16)24-12-2-10-20(19(24)26)9-1-11-23(20)13-17-21-22-18(27-17)14-3-4-14/h14-16,25H,1-13H2. The topological polar surface area (TPSA) is 82.7 Å². The van der Waals surface area contributed by atoms with Crippen LogP contribution in [-0.2, 0) is 11.3 Å². The number of hydrogen-bond donors (Lipinski definition) is 1. The average molecular weight is 374 g/mol. The van der Waals surface area contributed by atoms with Gasteiger partial charge in [-0.25, -0.2) is 0 Å². The molecule has 4 aliphatic rings. The van der Waals surface area contributed by atoms with Crippen LogP contribution in [0.5, 0.6) is 0 Å². The van der Waals surface area contributed by atoms with Crippen LogP contribution in [-0.4, -0.2) is 61.8 Å². The maximum Gasteiger partial charge on any atom is 0.243 e. The van der Waals surface area contributed by atoms with Crippen molar-refractivity contribution in [2.45, 2.75) is 94.4 Å². The first-order valence-corrected chi connectivity index (χ1v) is 10.7. The van der Waals surface area contributed by atoms with E-state index in [2.05, 4.69) is 20.0 Å². The molecule has 0 aromatic carbocycles. The summed E-state index contributed by atoms with van der Waals surface area (Å²) in [6.07, 6.45) is 9.57. The Kier molecular flexibility index (Phi) is 4.47. The van der Waals surface area contributed by atoms with Crippen molar-refractivity contribution in [1.29, 1.82) is 0 Å². The number of rotatable bonds is 4. The van der Waals surface area contributed by atoms with Gasteiger partial charge in [0.1, 0.15) is 5.54 Å². The number of likely N-dealkylation sites (tertiary alicyclic amines) is 2. The van der Waals surface area contributed by atoms with Gasteiger partial charge in [0.15, 0.2) is 0 Å². The van der Waals surface area contributed by atoms with E-state index in [0.29, 0.717) is 30.3 Å². The molecule has 2 saturated carbocycles. The molecular weight excluding hydrogens is 344 g/mol. The van der Waals surface area contributed by atoms with E-state index in [1.54, 1.807) is 0 Å². The summed E-state index contributed by atoms with van der Waals surface area (Å²) >= 11 is 0. The fourth-order valence-corrected chi connectivity index (χ4v) is 5.42. The summed E-state index contributed by atoms with van der Waals surface area (Å²) in [6, 6.07) is 0.297. The fourth-order valence-electron chi connectivity index (χ4n) is 5.42. The average Bonchev–Trinajstić information content (AvgIpc) is 3.30. The summed E-state index contributed by atoms with van der Waals surface area (Å²) in [6.45, 7) is 2.37. The Labute approximate surface area is 160 Å². The Morgan fingerprint density at radius 1 is 1.04 bits per heavy atom. The van der Waals surface area contributed by atoms with Gasteiger partial charge in [0.2, 0.25) is 17.7 Å². The van der Waals surface area contributed by atoms with Crippen LogP contribution in [0.15, 0.2) is 4.42 Å². The number of nitrogens with zero attached hydrogens (tertiary/aromatic N) is 4. The van der Waals surface area contributed by atoms with Gasteiger partial charge in [-0.15, -0.1) is 10.2 Å².